The van der Waals surface area contributed by atoms with Gasteiger partial charge in [-0.05, 0) is 7.05 Å². The monoisotopic (exact) mass is 167 g/mol. The Balaban J connectivity index is 2.32. The number of anilines is 1. The summed E-state index contributed by atoms with van der Waals surface area (Å²) in [6.45, 7) is 2.55. The fraction of sp³-hybridized carbons (Fsp3) is 0.571. The van der Waals surface area contributed by atoms with Crippen LogP contribution in [0, 0.1) is 0 Å². The smallest absolute Gasteiger partial charge is 0.201 e. The number of nitrogens with two attached hydrogens (primary N) is 1. The molecule has 0 fully saturated rings. The lowest BCUT2D eigenvalue weighted by Crippen LogP contribution is -2.27. The van der Waals surface area contributed by atoms with Crippen LogP contribution in [0.25, 0.3) is 0 Å². The maximum absolute atomic E-state index is 5.67. The molecule has 1 aliphatic rings. The van der Waals surface area contributed by atoms with Crippen LogP contribution < -0.4 is 11.1 Å². The van der Waals surface area contributed by atoms with E-state index < -0.39 is 0 Å². The van der Waals surface area contributed by atoms with Crippen LogP contribution in [0.3, 0.4) is 0 Å². The number of imidazole rings is 1. The number of hydrogen-bond acceptors (Lipinski definition) is 4. The predicted octanol–water partition coefficient (Wildman–Crippen LogP) is -0.585. The first-order valence-electron chi connectivity index (χ1n) is 3.96. The highest BCUT2D eigenvalue weighted by atomic mass is 15.3. The third-order valence-corrected chi connectivity index (χ3v) is 2.05. The molecule has 0 aromatic carbocycles. The molecule has 5 nitrogen and oxygen atoms in total. The van der Waals surface area contributed by atoms with E-state index in [0.717, 1.165) is 19.9 Å². The molecular formula is C7H13N5. The van der Waals surface area contributed by atoms with Crippen molar-refractivity contribution in [1.29, 1.82) is 0 Å². The van der Waals surface area contributed by atoms with Crippen molar-refractivity contribution < 1.29 is 0 Å². The minimum atomic E-state index is 0.591. The van der Waals surface area contributed by atoms with Gasteiger partial charge < -0.3 is 10.3 Å². The molecule has 0 spiro atoms. The van der Waals surface area contributed by atoms with E-state index in [9.17, 15) is 0 Å². The molecule has 1 aromatic heterocycles. The van der Waals surface area contributed by atoms with Gasteiger partial charge in [-0.3, -0.25) is 10.2 Å². The molecular weight excluding hydrogens is 154 g/mol. The lowest BCUT2D eigenvalue weighted by atomic mass is 10.4. The van der Waals surface area contributed by atoms with Gasteiger partial charge in [0.25, 0.3) is 0 Å². The van der Waals surface area contributed by atoms with Crippen LogP contribution in [0.5, 0.6) is 0 Å². The molecule has 2 rings (SSSR count). The van der Waals surface area contributed by atoms with E-state index in [1.807, 2.05) is 10.8 Å². The third kappa shape index (κ3) is 1.17. The minimum absolute atomic E-state index is 0.591. The van der Waals surface area contributed by atoms with Gasteiger partial charge in [-0.15, -0.1) is 0 Å². The number of fused-ring (bicyclic) bond motifs is 1. The molecule has 1 aliphatic heterocycles. The standard InChI is InChI=1S/C7H13N5/c1-11-3-6-2-10-7(8)12(6)5-9-4-11/h2,9H,3-5H2,1H3,(H2,8,10). The van der Waals surface area contributed by atoms with E-state index >= 15 is 0 Å². The quantitative estimate of drug-likeness (QED) is 0.542. The first kappa shape index (κ1) is 7.57. The molecule has 66 valence electrons. The summed E-state index contributed by atoms with van der Waals surface area (Å²) in [5.74, 6) is 0.591. The average Bonchev–Trinajstić information content (AvgIpc) is 2.31. The van der Waals surface area contributed by atoms with Crippen molar-refractivity contribution in [2.45, 2.75) is 13.2 Å². The zero-order valence-electron chi connectivity index (χ0n) is 7.12. The Morgan fingerprint density at radius 1 is 1.58 bits per heavy atom. The molecule has 12 heavy (non-hydrogen) atoms. The summed E-state index contributed by atoms with van der Waals surface area (Å²) in [6.07, 6.45) is 1.83. The lowest BCUT2D eigenvalue weighted by molar-refractivity contribution is 0.309. The van der Waals surface area contributed by atoms with E-state index in [1.54, 1.807) is 0 Å². The number of aromatic nitrogens is 2. The average molecular weight is 167 g/mol. The van der Waals surface area contributed by atoms with Crippen LogP contribution in [-0.4, -0.2) is 28.2 Å². The van der Waals surface area contributed by atoms with Crippen molar-refractivity contribution in [1.82, 2.24) is 19.8 Å². The summed E-state index contributed by atoms with van der Waals surface area (Å²) < 4.78 is 1.99. The van der Waals surface area contributed by atoms with Gasteiger partial charge in [0.15, 0.2) is 0 Å². The second kappa shape index (κ2) is 2.76. The Hall–Kier alpha value is -1.07. The highest BCUT2D eigenvalue weighted by molar-refractivity contribution is 5.22. The van der Waals surface area contributed by atoms with Crippen LogP contribution in [-0.2, 0) is 13.2 Å². The van der Waals surface area contributed by atoms with Gasteiger partial charge in [-0.1, -0.05) is 0 Å². The van der Waals surface area contributed by atoms with Crippen molar-refractivity contribution in [3.63, 3.8) is 0 Å². The van der Waals surface area contributed by atoms with Gasteiger partial charge in [0, 0.05) is 13.2 Å². The second-order valence-corrected chi connectivity index (χ2v) is 3.12. The Bertz CT molecular complexity index is 279. The Morgan fingerprint density at radius 2 is 2.42 bits per heavy atom. The molecule has 0 amide bonds. The molecule has 3 N–H and O–H groups in total. The van der Waals surface area contributed by atoms with Crippen LogP contribution in [0.1, 0.15) is 5.69 Å². The molecule has 5 heteroatoms. The summed E-state index contributed by atoms with van der Waals surface area (Å²) in [5, 5.41) is 3.25. The molecule has 0 saturated heterocycles. The van der Waals surface area contributed by atoms with E-state index in [-0.39, 0.29) is 0 Å². The molecule has 0 bridgehead atoms. The topological polar surface area (TPSA) is 59.1 Å². The fourth-order valence-electron chi connectivity index (χ4n) is 1.42. The van der Waals surface area contributed by atoms with Gasteiger partial charge in [-0.25, -0.2) is 4.98 Å². The Morgan fingerprint density at radius 3 is 3.25 bits per heavy atom. The number of nitrogens with one attached hydrogen (secondary N) is 1. The van der Waals surface area contributed by atoms with Crippen LogP contribution in [0.4, 0.5) is 5.95 Å². The summed E-state index contributed by atoms with van der Waals surface area (Å²) in [4.78, 5) is 6.23. The maximum atomic E-state index is 5.67. The summed E-state index contributed by atoms with van der Waals surface area (Å²) >= 11 is 0. The van der Waals surface area contributed by atoms with E-state index in [2.05, 4.69) is 22.2 Å². The molecule has 0 saturated carbocycles. The summed E-state index contributed by atoms with van der Waals surface area (Å²) in [6, 6.07) is 0. The number of nitrogen functional groups attached to an aromatic ring is 1. The van der Waals surface area contributed by atoms with Crippen molar-refractivity contribution in [3.8, 4) is 0 Å². The zero-order valence-corrected chi connectivity index (χ0v) is 7.12. The molecule has 0 atom stereocenters. The normalized spacial score (nSPS) is 18.8. The summed E-state index contributed by atoms with van der Waals surface area (Å²) in [7, 11) is 2.06. The number of rotatable bonds is 0. The minimum Gasteiger partial charge on any atom is -0.369 e. The van der Waals surface area contributed by atoms with E-state index in [1.165, 1.54) is 5.69 Å². The van der Waals surface area contributed by atoms with E-state index in [4.69, 9.17) is 5.73 Å². The van der Waals surface area contributed by atoms with Crippen molar-refractivity contribution in [3.05, 3.63) is 11.9 Å². The summed E-state index contributed by atoms with van der Waals surface area (Å²) in [5.41, 5.74) is 6.84. The predicted molar refractivity (Wildman–Crippen MR) is 46.1 cm³/mol. The van der Waals surface area contributed by atoms with E-state index in [0.29, 0.717) is 5.95 Å². The Labute approximate surface area is 71.2 Å². The third-order valence-electron chi connectivity index (χ3n) is 2.05. The molecule has 0 radical (unpaired) electrons. The van der Waals surface area contributed by atoms with Gasteiger partial charge in [0.05, 0.1) is 18.6 Å². The van der Waals surface area contributed by atoms with Crippen molar-refractivity contribution in [2.75, 3.05) is 19.5 Å². The molecule has 2 heterocycles. The number of hydrogen-bond donors (Lipinski definition) is 2. The maximum Gasteiger partial charge on any atom is 0.201 e. The van der Waals surface area contributed by atoms with Gasteiger partial charge >= 0.3 is 0 Å². The lowest BCUT2D eigenvalue weighted by Gasteiger charge is -2.10. The molecule has 0 unspecified atom stereocenters. The molecule has 0 aliphatic carbocycles. The van der Waals surface area contributed by atoms with Crippen LogP contribution >= 0.6 is 0 Å². The largest absolute Gasteiger partial charge is 0.369 e. The fourth-order valence-corrected chi connectivity index (χ4v) is 1.42. The van der Waals surface area contributed by atoms with Crippen LogP contribution in [0.15, 0.2) is 6.20 Å². The second-order valence-electron chi connectivity index (χ2n) is 3.12. The van der Waals surface area contributed by atoms with Crippen molar-refractivity contribution in [2.24, 2.45) is 0 Å². The molecule has 1 aromatic rings. The first-order valence-corrected chi connectivity index (χ1v) is 3.96. The highest BCUT2D eigenvalue weighted by Crippen LogP contribution is 2.10. The SMILES string of the molecule is CN1CNCn2c(cnc2N)C1. The van der Waals surface area contributed by atoms with Gasteiger partial charge in [0.2, 0.25) is 5.95 Å². The van der Waals surface area contributed by atoms with Crippen molar-refractivity contribution >= 4 is 5.95 Å². The zero-order chi connectivity index (χ0) is 8.55. The highest BCUT2D eigenvalue weighted by Gasteiger charge is 2.12. The van der Waals surface area contributed by atoms with Gasteiger partial charge in [0.1, 0.15) is 0 Å². The van der Waals surface area contributed by atoms with Gasteiger partial charge in [-0.2, -0.15) is 0 Å². The first-order chi connectivity index (χ1) is 5.77. The number of nitrogens with zero attached hydrogens (tertiary/aromatic N) is 3. The Kier molecular flexibility index (Phi) is 1.74. The van der Waals surface area contributed by atoms with Crippen LogP contribution in [0.2, 0.25) is 0 Å².